The van der Waals surface area contributed by atoms with Crippen LogP contribution in [0.3, 0.4) is 0 Å². The van der Waals surface area contributed by atoms with Gasteiger partial charge in [0, 0.05) is 32.3 Å². The summed E-state index contributed by atoms with van der Waals surface area (Å²) in [6.45, 7) is 10.0. The Morgan fingerprint density at radius 2 is 2.14 bits per heavy atom. The molecule has 0 aliphatic heterocycles. The first-order chi connectivity index (χ1) is 9.97. The molecular formula is C16H27N3O2. The Balaban J connectivity index is 2.83. The van der Waals surface area contributed by atoms with Crippen molar-refractivity contribution in [3.05, 3.63) is 34.9 Å². The van der Waals surface area contributed by atoms with Crippen molar-refractivity contribution in [3.8, 4) is 0 Å². The van der Waals surface area contributed by atoms with E-state index in [2.05, 4.69) is 23.9 Å². The molecule has 0 aliphatic rings. The van der Waals surface area contributed by atoms with Crippen LogP contribution < -0.4 is 5.73 Å². The first-order valence-electron chi connectivity index (χ1n) is 7.26. The SMILES string of the molecule is COCCN(Cc1ccc(/C(N)=N/O)cc1C)CC(C)C. The van der Waals surface area contributed by atoms with Gasteiger partial charge in [0.15, 0.2) is 5.84 Å². The number of methoxy groups -OCH3 is 1. The second-order valence-electron chi connectivity index (χ2n) is 5.75. The average molecular weight is 293 g/mol. The summed E-state index contributed by atoms with van der Waals surface area (Å²) in [5.74, 6) is 0.752. The Bertz CT molecular complexity index is 473. The summed E-state index contributed by atoms with van der Waals surface area (Å²) in [7, 11) is 1.73. The van der Waals surface area contributed by atoms with Gasteiger partial charge in [0.25, 0.3) is 0 Å². The van der Waals surface area contributed by atoms with Crippen molar-refractivity contribution in [2.75, 3.05) is 26.8 Å². The molecule has 21 heavy (non-hydrogen) atoms. The van der Waals surface area contributed by atoms with E-state index in [1.807, 2.05) is 25.1 Å². The molecule has 0 bridgehead atoms. The molecule has 0 fully saturated rings. The highest BCUT2D eigenvalue weighted by Gasteiger charge is 2.10. The molecule has 0 unspecified atom stereocenters. The molecule has 1 aromatic rings. The number of nitrogens with two attached hydrogens (primary N) is 1. The summed E-state index contributed by atoms with van der Waals surface area (Å²) in [6, 6.07) is 5.89. The monoisotopic (exact) mass is 293 g/mol. The van der Waals surface area contributed by atoms with Gasteiger partial charge in [0.1, 0.15) is 0 Å². The number of oxime groups is 1. The Morgan fingerprint density at radius 1 is 1.43 bits per heavy atom. The Morgan fingerprint density at radius 3 is 2.67 bits per heavy atom. The number of amidine groups is 1. The van der Waals surface area contributed by atoms with Gasteiger partial charge >= 0.3 is 0 Å². The summed E-state index contributed by atoms with van der Waals surface area (Å²) in [4.78, 5) is 2.39. The third-order valence-electron chi connectivity index (χ3n) is 3.38. The molecule has 0 amide bonds. The minimum atomic E-state index is 0.142. The summed E-state index contributed by atoms with van der Waals surface area (Å²) < 4.78 is 5.19. The van der Waals surface area contributed by atoms with E-state index in [-0.39, 0.29) is 5.84 Å². The van der Waals surface area contributed by atoms with Crippen LogP contribution in [0.2, 0.25) is 0 Å². The molecule has 0 spiro atoms. The standard InChI is InChI=1S/C16H27N3O2/c1-12(2)10-19(7-8-21-4)11-15-6-5-14(9-13(15)3)16(17)18-20/h5-6,9,12,20H,7-8,10-11H2,1-4H3,(H2,17,18). The average Bonchev–Trinajstić information content (AvgIpc) is 2.45. The molecular weight excluding hydrogens is 266 g/mol. The number of rotatable bonds is 8. The molecule has 1 rings (SSSR count). The van der Waals surface area contributed by atoms with Gasteiger partial charge in [-0.05, 0) is 30.0 Å². The minimum Gasteiger partial charge on any atom is -0.409 e. The van der Waals surface area contributed by atoms with Gasteiger partial charge in [0.2, 0.25) is 0 Å². The van der Waals surface area contributed by atoms with Gasteiger partial charge in [0.05, 0.1) is 6.61 Å². The minimum absolute atomic E-state index is 0.142. The zero-order valence-electron chi connectivity index (χ0n) is 13.5. The van der Waals surface area contributed by atoms with Crippen molar-refractivity contribution in [1.82, 2.24) is 4.90 Å². The van der Waals surface area contributed by atoms with Crippen LogP contribution in [0.5, 0.6) is 0 Å². The first kappa shape index (κ1) is 17.5. The lowest BCUT2D eigenvalue weighted by atomic mass is 10.0. The number of hydrogen-bond donors (Lipinski definition) is 2. The molecule has 0 atom stereocenters. The van der Waals surface area contributed by atoms with Crippen molar-refractivity contribution in [3.63, 3.8) is 0 Å². The van der Waals surface area contributed by atoms with Crippen molar-refractivity contribution in [1.29, 1.82) is 0 Å². The Labute approximate surface area is 127 Å². The lowest BCUT2D eigenvalue weighted by molar-refractivity contribution is 0.136. The first-order valence-corrected chi connectivity index (χ1v) is 7.26. The van der Waals surface area contributed by atoms with Crippen LogP contribution in [0.25, 0.3) is 0 Å². The summed E-state index contributed by atoms with van der Waals surface area (Å²) in [5, 5.41) is 11.8. The van der Waals surface area contributed by atoms with Crippen molar-refractivity contribution >= 4 is 5.84 Å². The topological polar surface area (TPSA) is 71.1 Å². The molecule has 0 aliphatic carbocycles. The van der Waals surface area contributed by atoms with E-state index in [1.54, 1.807) is 7.11 Å². The molecule has 0 saturated carbocycles. The van der Waals surface area contributed by atoms with Crippen molar-refractivity contribution in [2.24, 2.45) is 16.8 Å². The Hall–Kier alpha value is -1.59. The lowest BCUT2D eigenvalue weighted by Crippen LogP contribution is -2.31. The van der Waals surface area contributed by atoms with E-state index in [1.165, 1.54) is 5.56 Å². The van der Waals surface area contributed by atoms with Crippen molar-refractivity contribution in [2.45, 2.75) is 27.3 Å². The van der Waals surface area contributed by atoms with Crippen molar-refractivity contribution < 1.29 is 9.94 Å². The zero-order chi connectivity index (χ0) is 15.8. The number of hydrogen-bond acceptors (Lipinski definition) is 4. The predicted octanol–water partition coefficient (Wildman–Crippen LogP) is 2.19. The highest BCUT2D eigenvalue weighted by atomic mass is 16.5. The van der Waals surface area contributed by atoms with Gasteiger partial charge in [-0.15, -0.1) is 0 Å². The molecule has 0 heterocycles. The summed E-state index contributed by atoms with van der Waals surface area (Å²) in [5.41, 5.74) is 8.76. The smallest absolute Gasteiger partial charge is 0.170 e. The zero-order valence-corrected chi connectivity index (χ0v) is 13.5. The molecule has 5 nitrogen and oxygen atoms in total. The van der Waals surface area contributed by atoms with Crippen LogP contribution in [0, 0.1) is 12.8 Å². The van der Waals surface area contributed by atoms with Gasteiger partial charge < -0.3 is 15.7 Å². The van der Waals surface area contributed by atoms with Gasteiger partial charge in [-0.2, -0.15) is 0 Å². The maximum atomic E-state index is 8.73. The quantitative estimate of drug-likeness (QED) is 0.333. The summed E-state index contributed by atoms with van der Waals surface area (Å²) in [6.07, 6.45) is 0. The van der Waals surface area contributed by atoms with Gasteiger partial charge in [-0.3, -0.25) is 4.90 Å². The van der Waals surface area contributed by atoms with E-state index >= 15 is 0 Å². The lowest BCUT2D eigenvalue weighted by Gasteiger charge is -2.25. The number of benzene rings is 1. The number of nitrogens with zero attached hydrogens (tertiary/aromatic N) is 2. The fourth-order valence-electron chi connectivity index (χ4n) is 2.30. The van der Waals surface area contributed by atoms with Gasteiger partial charge in [-0.25, -0.2) is 0 Å². The third kappa shape index (κ3) is 5.73. The fourth-order valence-corrected chi connectivity index (χ4v) is 2.30. The molecule has 0 radical (unpaired) electrons. The largest absolute Gasteiger partial charge is 0.409 e. The van der Waals surface area contributed by atoms with Crippen LogP contribution >= 0.6 is 0 Å². The highest BCUT2D eigenvalue weighted by Crippen LogP contribution is 2.14. The Kier molecular flexibility index (Phi) is 7.19. The molecule has 0 aromatic heterocycles. The maximum absolute atomic E-state index is 8.73. The second-order valence-corrected chi connectivity index (χ2v) is 5.75. The molecule has 0 saturated heterocycles. The molecule has 5 heteroatoms. The van der Waals surface area contributed by atoms with E-state index in [4.69, 9.17) is 15.7 Å². The van der Waals surface area contributed by atoms with E-state index < -0.39 is 0 Å². The van der Waals surface area contributed by atoms with Crippen LogP contribution in [-0.2, 0) is 11.3 Å². The van der Waals surface area contributed by atoms with E-state index in [9.17, 15) is 0 Å². The van der Waals surface area contributed by atoms with Crippen LogP contribution in [0.1, 0.15) is 30.5 Å². The third-order valence-corrected chi connectivity index (χ3v) is 3.38. The second kappa shape index (κ2) is 8.64. The van der Waals surface area contributed by atoms with Crippen LogP contribution in [-0.4, -0.2) is 42.7 Å². The maximum Gasteiger partial charge on any atom is 0.170 e. The van der Waals surface area contributed by atoms with Gasteiger partial charge in [-0.1, -0.05) is 31.1 Å². The fraction of sp³-hybridized carbons (Fsp3) is 0.562. The highest BCUT2D eigenvalue weighted by molar-refractivity contribution is 5.97. The summed E-state index contributed by atoms with van der Waals surface area (Å²) >= 11 is 0. The van der Waals surface area contributed by atoms with Crippen LogP contribution in [0.15, 0.2) is 23.4 Å². The normalized spacial score (nSPS) is 12.4. The molecule has 3 N–H and O–H groups in total. The number of ether oxygens (including phenoxy) is 1. The van der Waals surface area contributed by atoms with Crippen LogP contribution in [0.4, 0.5) is 0 Å². The molecule has 118 valence electrons. The van der Waals surface area contributed by atoms with E-state index in [0.29, 0.717) is 5.92 Å². The van der Waals surface area contributed by atoms with E-state index in [0.717, 1.165) is 37.4 Å². The number of aryl methyl sites for hydroxylation is 1. The predicted molar refractivity (Wildman–Crippen MR) is 85.7 cm³/mol. The molecule has 1 aromatic carbocycles.